The van der Waals surface area contributed by atoms with E-state index >= 15 is 0 Å². The molecule has 0 saturated heterocycles. The molecule has 9 atom stereocenters. The molecule has 2 heteroatoms. The molecule has 0 bridgehead atoms. The van der Waals surface area contributed by atoms with Gasteiger partial charge in [-0.3, -0.25) is 0 Å². The molecule has 3 fully saturated rings. The number of allylic oxidation sites excluding steroid dienone is 1. The molecule has 0 aromatic rings. The molecule has 0 aliphatic heterocycles. The van der Waals surface area contributed by atoms with Gasteiger partial charge in [0.2, 0.25) is 0 Å². The summed E-state index contributed by atoms with van der Waals surface area (Å²) in [7, 11) is 0. The van der Waals surface area contributed by atoms with Crippen molar-refractivity contribution >= 4 is 0 Å². The number of rotatable bonds is 6. The predicted molar refractivity (Wildman–Crippen MR) is 120 cm³/mol. The lowest BCUT2D eigenvalue weighted by Gasteiger charge is -2.58. The van der Waals surface area contributed by atoms with E-state index in [1.807, 2.05) is 0 Å². The van der Waals surface area contributed by atoms with Gasteiger partial charge in [0.05, 0.1) is 6.10 Å². The largest absolute Gasteiger partial charge is 0.396 e. The van der Waals surface area contributed by atoms with Crippen LogP contribution in [0.2, 0.25) is 0 Å². The minimum absolute atomic E-state index is 0.0926. The van der Waals surface area contributed by atoms with Gasteiger partial charge in [-0.15, -0.1) is 0 Å². The zero-order valence-corrected chi connectivity index (χ0v) is 19.5. The van der Waals surface area contributed by atoms with Crippen LogP contribution in [-0.2, 0) is 0 Å². The van der Waals surface area contributed by atoms with Gasteiger partial charge in [0.15, 0.2) is 0 Å². The molecule has 3 saturated carbocycles. The molecule has 0 aromatic heterocycles. The van der Waals surface area contributed by atoms with E-state index in [1.165, 1.54) is 57.8 Å². The smallest absolute Gasteiger partial charge is 0.0577 e. The molecule has 4 rings (SSSR count). The Balaban J connectivity index is 1.46. The molecule has 0 spiro atoms. The van der Waals surface area contributed by atoms with Crippen LogP contribution >= 0.6 is 0 Å². The van der Waals surface area contributed by atoms with Crippen LogP contribution in [0.25, 0.3) is 0 Å². The second kappa shape index (κ2) is 8.30. The Morgan fingerprint density at radius 1 is 1.03 bits per heavy atom. The first-order valence-corrected chi connectivity index (χ1v) is 12.8. The molecular weight excluding hydrogens is 356 g/mol. The summed E-state index contributed by atoms with van der Waals surface area (Å²) in [4.78, 5) is 0. The van der Waals surface area contributed by atoms with Crippen molar-refractivity contribution in [3.63, 3.8) is 0 Å². The lowest BCUT2D eigenvalue weighted by Crippen LogP contribution is -2.50. The number of aliphatic hydroxyl groups excluding tert-OH is 2. The quantitative estimate of drug-likeness (QED) is 0.507. The van der Waals surface area contributed by atoms with E-state index in [1.54, 1.807) is 5.57 Å². The maximum atomic E-state index is 10.2. The van der Waals surface area contributed by atoms with Gasteiger partial charge in [-0.1, -0.05) is 52.2 Å². The lowest BCUT2D eigenvalue weighted by molar-refractivity contribution is -0.0573. The second-order valence-corrected chi connectivity index (χ2v) is 12.1. The monoisotopic (exact) mass is 402 g/mol. The Hall–Kier alpha value is -0.340. The Bertz CT molecular complexity index is 612. The molecular formula is C27H46O2. The highest BCUT2D eigenvalue weighted by Crippen LogP contribution is 2.67. The fourth-order valence-corrected chi connectivity index (χ4v) is 8.70. The molecule has 4 aliphatic carbocycles. The van der Waals surface area contributed by atoms with Crippen LogP contribution in [0.4, 0.5) is 0 Å². The SMILES string of the molecule is CC(CO)CCC[C@@H](C)[C@H]1CC[C@H]2[C@@H]3CC=C4C[C@@H](O)CC[C@]4(C)[C@@H]3CC[C@]12C. The van der Waals surface area contributed by atoms with Gasteiger partial charge < -0.3 is 10.2 Å². The van der Waals surface area contributed by atoms with Crippen molar-refractivity contribution in [3.05, 3.63) is 11.6 Å². The Morgan fingerprint density at radius 2 is 1.83 bits per heavy atom. The fourth-order valence-electron chi connectivity index (χ4n) is 8.70. The van der Waals surface area contributed by atoms with Crippen LogP contribution in [-0.4, -0.2) is 22.9 Å². The number of fused-ring (bicyclic) bond motifs is 5. The normalized spacial score (nSPS) is 46.3. The first-order valence-electron chi connectivity index (χ1n) is 12.8. The second-order valence-electron chi connectivity index (χ2n) is 12.1. The third kappa shape index (κ3) is 3.75. The Labute approximate surface area is 179 Å². The van der Waals surface area contributed by atoms with Crippen molar-refractivity contribution in [2.24, 2.45) is 46.3 Å². The molecule has 2 nitrogen and oxygen atoms in total. The highest BCUT2D eigenvalue weighted by Gasteiger charge is 2.59. The van der Waals surface area contributed by atoms with Gasteiger partial charge in [0, 0.05) is 6.61 Å². The van der Waals surface area contributed by atoms with Gasteiger partial charge >= 0.3 is 0 Å². The summed E-state index contributed by atoms with van der Waals surface area (Å²) >= 11 is 0. The van der Waals surface area contributed by atoms with Crippen LogP contribution in [0, 0.1) is 46.3 Å². The molecule has 0 aromatic carbocycles. The molecule has 0 radical (unpaired) electrons. The topological polar surface area (TPSA) is 40.5 Å². The van der Waals surface area contributed by atoms with Crippen molar-refractivity contribution in [2.45, 2.75) is 104 Å². The van der Waals surface area contributed by atoms with Crippen molar-refractivity contribution < 1.29 is 10.2 Å². The van der Waals surface area contributed by atoms with Crippen LogP contribution in [0.15, 0.2) is 11.6 Å². The van der Waals surface area contributed by atoms with E-state index in [4.69, 9.17) is 0 Å². The minimum Gasteiger partial charge on any atom is -0.396 e. The highest BCUT2D eigenvalue weighted by molar-refractivity contribution is 5.25. The van der Waals surface area contributed by atoms with E-state index in [2.05, 4.69) is 33.8 Å². The summed E-state index contributed by atoms with van der Waals surface area (Å²) in [5.41, 5.74) is 2.51. The van der Waals surface area contributed by atoms with E-state index in [0.29, 0.717) is 23.4 Å². The molecule has 29 heavy (non-hydrogen) atoms. The van der Waals surface area contributed by atoms with E-state index < -0.39 is 0 Å². The molecule has 2 N–H and O–H groups in total. The number of aliphatic hydroxyl groups is 2. The third-order valence-electron chi connectivity index (χ3n) is 10.5. The summed E-state index contributed by atoms with van der Waals surface area (Å²) in [6.45, 7) is 10.2. The van der Waals surface area contributed by atoms with Crippen LogP contribution in [0.3, 0.4) is 0 Å². The standard InChI is InChI=1S/C27H46O2/c1-18(17-28)6-5-7-19(2)23-10-11-24-22-9-8-20-16-21(29)12-14-26(20,3)25(22)13-15-27(23,24)4/h8,18-19,21-25,28-29H,5-7,9-17H2,1-4H3/t18?,19-,21+,22+,23-,24+,25-,26+,27-/m1/s1. The Kier molecular flexibility index (Phi) is 6.26. The van der Waals surface area contributed by atoms with Crippen molar-refractivity contribution in [3.8, 4) is 0 Å². The summed E-state index contributed by atoms with van der Waals surface area (Å²) in [6.07, 6.45) is 16.4. The molecule has 0 heterocycles. The van der Waals surface area contributed by atoms with Gasteiger partial charge in [-0.2, -0.15) is 0 Å². The van der Waals surface area contributed by atoms with Gasteiger partial charge in [0.1, 0.15) is 0 Å². The first kappa shape index (κ1) is 21.9. The van der Waals surface area contributed by atoms with Gasteiger partial charge in [0.25, 0.3) is 0 Å². The van der Waals surface area contributed by atoms with Crippen molar-refractivity contribution in [1.82, 2.24) is 0 Å². The average Bonchev–Trinajstić information content (AvgIpc) is 3.05. The summed E-state index contributed by atoms with van der Waals surface area (Å²) in [6, 6.07) is 0. The number of hydrogen-bond acceptors (Lipinski definition) is 2. The molecule has 0 amide bonds. The average molecular weight is 403 g/mol. The lowest BCUT2D eigenvalue weighted by atomic mass is 9.47. The Morgan fingerprint density at radius 3 is 2.59 bits per heavy atom. The van der Waals surface area contributed by atoms with Crippen molar-refractivity contribution in [2.75, 3.05) is 6.61 Å². The highest BCUT2D eigenvalue weighted by atomic mass is 16.3. The number of hydrogen-bond donors (Lipinski definition) is 2. The maximum Gasteiger partial charge on any atom is 0.0577 e. The van der Waals surface area contributed by atoms with Crippen LogP contribution in [0.5, 0.6) is 0 Å². The van der Waals surface area contributed by atoms with Gasteiger partial charge in [-0.25, -0.2) is 0 Å². The summed E-state index contributed by atoms with van der Waals surface area (Å²) in [5, 5.41) is 19.5. The summed E-state index contributed by atoms with van der Waals surface area (Å²) < 4.78 is 0. The van der Waals surface area contributed by atoms with E-state index in [0.717, 1.165) is 42.4 Å². The zero-order valence-electron chi connectivity index (χ0n) is 19.5. The maximum absolute atomic E-state index is 10.2. The minimum atomic E-state index is -0.0926. The molecule has 166 valence electrons. The molecule has 1 unspecified atom stereocenters. The fraction of sp³-hybridized carbons (Fsp3) is 0.926. The third-order valence-corrected chi connectivity index (χ3v) is 10.5. The predicted octanol–water partition coefficient (Wildman–Crippen LogP) is 6.36. The van der Waals surface area contributed by atoms with E-state index in [9.17, 15) is 10.2 Å². The van der Waals surface area contributed by atoms with Crippen molar-refractivity contribution in [1.29, 1.82) is 0 Å². The van der Waals surface area contributed by atoms with Crippen LogP contribution < -0.4 is 0 Å². The molecule has 4 aliphatic rings. The summed E-state index contributed by atoms with van der Waals surface area (Å²) in [5.74, 6) is 4.82. The zero-order chi connectivity index (χ0) is 20.8. The van der Waals surface area contributed by atoms with Crippen LogP contribution in [0.1, 0.15) is 98.3 Å². The van der Waals surface area contributed by atoms with E-state index in [-0.39, 0.29) is 6.10 Å². The van der Waals surface area contributed by atoms with Gasteiger partial charge in [-0.05, 0) is 104 Å². The first-order chi connectivity index (χ1) is 13.8.